The number of rotatable bonds is 3. The van der Waals surface area contributed by atoms with E-state index in [1.54, 1.807) is 12.1 Å². The van der Waals surface area contributed by atoms with E-state index in [9.17, 15) is 9.59 Å². The van der Waals surface area contributed by atoms with Gasteiger partial charge in [0.25, 0.3) is 12.4 Å². The summed E-state index contributed by atoms with van der Waals surface area (Å²) in [6, 6.07) is 9.33. The van der Waals surface area contributed by atoms with E-state index in [-0.39, 0.29) is 23.7 Å². The van der Waals surface area contributed by atoms with Gasteiger partial charge in [-0.1, -0.05) is 6.07 Å². The zero-order valence-corrected chi connectivity index (χ0v) is 16.4. The molecule has 0 aliphatic carbocycles. The summed E-state index contributed by atoms with van der Waals surface area (Å²) in [6.45, 7) is 4.37. The van der Waals surface area contributed by atoms with Gasteiger partial charge in [-0.25, -0.2) is 0 Å². The number of carbonyl (C=O) groups is 3. The van der Waals surface area contributed by atoms with Gasteiger partial charge in [-0.15, -0.1) is 0 Å². The number of aryl methyl sites for hydroxylation is 1. The first kappa shape index (κ1) is 20.6. The number of carbonyl (C=O) groups excluding carboxylic acids is 2. The van der Waals surface area contributed by atoms with Gasteiger partial charge in [-0.3, -0.25) is 19.4 Å². The Kier molecular flexibility index (Phi) is 6.31. The van der Waals surface area contributed by atoms with E-state index in [4.69, 9.17) is 14.3 Å². The third kappa shape index (κ3) is 4.82. The number of hydrogen-bond acceptors (Lipinski definition) is 5. The fourth-order valence-corrected chi connectivity index (χ4v) is 4.08. The molecule has 2 amide bonds. The first-order valence-electron chi connectivity index (χ1n) is 9.57. The maximum absolute atomic E-state index is 12.5. The summed E-state index contributed by atoms with van der Waals surface area (Å²) in [5.41, 5.74) is 1.88. The second kappa shape index (κ2) is 8.89. The van der Waals surface area contributed by atoms with Gasteiger partial charge in [0.1, 0.15) is 0 Å². The summed E-state index contributed by atoms with van der Waals surface area (Å²) < 4.78 is 5.22. The number of hydrogen-bond donors (Lipinski definition) is 1. The maximum Gasteiger partial charge on any atom is 0.290 e. The molecule has 0 atom stereocenters. The second-order valence-electron chi connectivity index (χ2n) is 7.57. The third-order valence-corrected chi connectivity index (χ3v) is 5.55. The number of piperidine rings is 1. The molecule has 2 aromatic rings. The minimum absolute atomic E-state index is 0.0130. The number of pyridine rings is 1. The molecule has 2 aliphatic heterocycles. The Morgan fingerprint density at radius 3 is 2.62 bits per heavy atom. The molecule has 0 unspecified atom stereocenters. The fraction of sp³-hybridized carbons (Fsp3) is 0.429. The van der Waals surface area contributed by atoms with Crippen molar-refractivity contribution in [1.29, 1.82) is 0 Å². The van der Waals surface area contributed by atoms with Gasteiger partial charge < -0.3 is 19.3 Å². The van der Waals surface area contributed by atoms with Crippen molar-refractivity contribution >= 4 is 18.3 Å². The molecule has 8 nitrogen and oxygen atoms in total. The predicted molar refractivity (Wildman–Crippen MR) is 104 cm³/mol. The highest BCUT2D eigenvalue weighted by molar-refractivity contribution is 5.91. The summed E-state index contributed by atoms with van der Waals surface area (Å²) in [7, 11) is 0. The highest BCUT2D eigenvalue weighted by Crippen LogP contribution is 2.41. The van der Waals surface area contributed by atoms with Crippen LogP contribution in [0.1, 0.15) is 41.2 Å². The van der Waals surface area contributed by atoms with E-state index in [1.807, 2.05) is 34.9 Å². The Bertz CT molecular complexity index is 857. The molecule has 0 bridgehead atoms. The van der Waals surface area contributed by atoms with E-state index in [0.29, 0.717) is 31.8 Å². The quantitative estimate of drug-likeness (QED) is 0.795. The van der Waals surface area contributed by atoms with Crippen LogP contribution in [0.5, 0.6) is 0 Å². The normalized spacial score (nSPS) is 17.8. The van der Waals surface area contributed by atoms with Gasteiger partial charge in [0, 0.05) is 37.2 Å². The molecule has 2 aliphatic rings. The van der Waals surface area contributed by atoms with Crippen molar-refractivity contribution in [2.24, 2.45) is 5.41 Å². The molecule has 4 rings (SSSR count). The second-order valence-corrected chi connectivity index (χ2v) is 7.57. The monoisotopic (exact) mass is 399 g/mol. The number of amides is 2. The summed E-state index contributed by atoms with van der Waals surface area (Å²) >= 11 is 0. The minimum Gasteiger partial charge on any atom is -0.483 e. The van der Waals surface area contributed by atoms with Crippen LogP contribution in [0.2, 0.25) is 0 Å². The lowest BCUT2D eigenvalue weighted by molar-refractivity contribution is -0.128. The SMILES string of the molecule is Cc1cccc(CN2CC3(CCN(C(=O)c4ccco4)CC3)CC2=O)n1.O=CO. The predicted octanol–water partition coefficient (Wildman–Crippen LogP) is 2.34. The molecule has 0 radical (unpaired) electrons. The Balaban J connectivity index is 0.000000755. The Labute approximate surface area is 169 Å². The van der Waals surface area contributed by atoms with Crippen molar-refractivity contribution in [1.82, 2.24) is 14.8 Å². The van der Waals surface area contributed by atoms with Crippen LogP contribution in [-0.2, 0) is 16.1 Å². The topological polar surface area (TPSA) is 104 Å². The molecule has 29 heavy (non-hydrogen) atoms. The minimum atomic E-state index is -0.250. The van der Waals surface area contributed by atoms with Crippen molar-refractivity contribution < 1.29 is 23.9 Å². The van der Waals surface area contributed by atoms with Crippen molar-refractivity contribution in [3.05, 3.63) is 53.7 Å². The van der Waals surface area contributed by atoms with Crippen LogP contribution >= 0.6 is 0 Å². The van der Waals surface area contributed by atoms with E-state index < -0.39 is 0 Å². The highest BCUT2D eigenvalue weighted by Gasteiger charge is 2.45. The third-order valence-electron chi connectivity index (χ3n) is 5.55. The van der Waals surface area contributed by atoms with Crippen LogP contribution in [0.25, 0.3) is 0 Å². The van der Waals surface area contributed by atoms with E-state index in [0.717, 1.165) is 30.8 Å². The summed E-state index contributed by atoms with van der Waals surface area (Å²) in [4.78, 5) is 41.6. The van der Waals surface area contributed by atoms with Crippen molar-refractivity contribution in [2.45, 2.75) is 32.7 Å². The van der Waals surface area contributed by atoms with Gasteiger partial charge in [0.05, 0.1) is 18.5 Å². The summed E-state index contributed by atoms with van der Waals surface area (Å²) in [5, 5.41) is 6.89. The van der Waals surface area contributed by atoms with Gasteiger partial charge in [0.2, 0.25) is 5.91 Å². The Hall–Kier alpha value is -3.16. The molecule has 1 N–H and O–H groups in total. The van der Waals surface area contributed by atoms with Crippen molar-refractivity contribution in [3.63, 3.8) is 0 Å². The molecule has 2 fully saturated rings. The zero-order chi connectivity index (χ0) is 20.9. The number of aromatic nitrogens is 1. The first-order valence-corrected chi connectivity index (χ1v) is 9.57. The average molecular weight is 399 g/mol. The number of likely N-dealkylation sites (tertiary alicyclic amines) is 2. The molecule has 2 aromatic heterocycles. The van der Waals surface area contributed by atoms with Crippen molar-refractivity contribution in [3.8, 4) is 0 Å². The molecule has 0 aromatic carbocycles. The lowest BCUT2D eigenvalue weighted by Gasteiger charge is -2.38. The largest absolute Gasteiger partial charge is 0.483 e. The smallest absolute Gasteiger partial charge is 0.290 e. The lowest BCUT2D eigenvalue weighted by atomic mass is 9.77. The summed E-state index contributed by atoms with van der Waals surface area (Å²) in [5.74, 6) is 0.518. The molecule has 0 saturated carbocycles. The van der Waals surface area contributed by atoms with Crippen LogP contribution in [-0.4, -0.2) is 57.8 Å². The molecule has 4 heterocycles. The van der Waals surface area contributed by atoms with Crippen LogP contribution in [0.4, 0.5) is 0 Å². The van der Waals surface area contributed by atoms with Crippen LogP contribution in [0.15, 0.2) is 41.0 Å². The van der Waals surface area contributed by atoms with Gasteiger partial charge in [-0.05, 0) is 44.0 Å². The number of carboxylic acid groups (broad SMARTS) is 1. The van der Waals surface area contributed by atoms with Gasteiger partial charge in [0.15, 0.2) is 5.76 Å². The first-order chi connectivity index (χ1) is 14.0. The van der Waals surface area contributed by atoms with E-state index >= 15 is 0 Å². The maximum atomic E-state index is 12.5. The molecular formula is C21H25N3O5. The Morgan fingerprint density at radius 1 is 1.28 bits per heavy atom. The number of furan rings is 1. The zero-order valence-electron chi connectivity index (χ0n) is 16.4. The molecular weight excluding hydrogens is 374 g/mol. The molecule has 8 heteroatoms. The fourth-order valence-electron chi connectivity index (χ4n) is 4.08. The van der Waals surface area contributed by atoms with Crippen LogP contribution < -0.4 is 0 Å². The van der Waals surface area contributed by atoms with Crippen LogP contribution in [0.3, 0.4) is 0 Å². The van der Waals surface area contributed by atoms with E-state index in [1.165, 1.54) is 6.26 Å². The lowest BCUT2D eigenvalue weighted by Crippen LogP contribution is -2.44. The molecule has 154 valence electrons. The average Bonchev–Trinajstić information content (AvgIpc) is 3.32. The van der Waals surface area contributed by atoms with Crippen molar-refractivity contribution in [2.75, 3.05) is 19.6 Å². The highest BCUT2D eigenvalue weighted by atomic mass is 16.3. The van der Waals surface area contributed by atoms with Gasteiger partial charge >= 0.3 is 0 Å². The summed E-state index contributed by atoms with van der Waals surface area (Å²) in [6.07, 6.45) is 3.79. The van der Waals surface area contributed by atoms with Gasteiger partial charge in [-0.2, -0.15) is 0 Å². The van der Waals surface area contributed by atoms with Crippen LogP contribution in [0, 0.1) is 12.3 Å². The molecule has 2 saturated heterocycles. The Morgan fingerprint density at radius 2 is 2.00 bits per heavy atom. The van der Waals surface area contributed by atoms with E-state index in [2.05, 4.69) is 4.98 Å². The standard InChI is InChI=1S/C20H23N3O3.CH2O2/c1-15-4-2-5-16(21-15)13-23-14-20(12-18(23)24)7-9-22(10-8-20)19(25)17-6-3-11-26-17;2-1-3/h2-6,11H,7-10,12-14H2,1H3;1H,(H,2,3). The molecule has 1 spiro atoms. The number of nitrogens with zero attached hydrogens (tertiary/aromatic N) is 3.